The van der Waals surface area contributed by atoms with Gasteiger partial charge in [0.05, 0.1) is 5.92 Å². The van der Waals surface area contributed by atoms with Crippen LogP contribution in [0.3, 0.4) is 0 Å². The largest absolute Gasteiger partial charge is 0.355 e. The summed E-state index contributed by atoms with van der Waals surface area (Å²) in [5.74, 6) is 0.0818. The molecule has 20 heavy (non-hydrogen) atoms. The number of nitrogens with one attached hydrogen (secondary N) is 1. The molecule has 1 aromatic rings. The zero-order valence-corrected chi connectivity index (χ0v) is 12.2. The first kappa shape index (κ1) is 14.6. The molecule has 4 heteroatoms. The second-order valence-corrected chi connectivity index (χ2v) is 5.42. The van der Waals surface area contributed by atoms with Crippen molar-refractivity contribution in [3.63, 3.8) is 0 Å². The summed E-state index contributed by atoms with van der Waals surface area (Å²) in [6.45, 7) is 5.55. The van der Waals surface area contributed by atoms with Gasteiger partial charge in [-0.2, -0.15) is 0 Å². The van der Waals surface area contributed by atoms with Crippen LogP contribution in [0.25, 0.3) is 0 Å². The molecule has 4 nitrogen and oxygen atoms in total. The molecule has 1 aliphatic heterocycles. The maximum Gasteiger partial charge on any atom is 0.224 e. The van der Waals surface area contributed by atoms with Crippen molar-refractivity contribution in [3.8, 4) is 0 Å². The molecule has 1 aromatic carbocycles. The molecular weight excluding hydrogens is 252 g/mol. The Hall–Kier alpha value is -1.84. The van der Waals surface area contributed by atoms with Crippen molar-refractivity contribution >= 4 is 11.8 Å². The van der Waals surface area contributed by atoms with Crippen molar-refractivity contribution in [2.24, 2.45) is 5.92 Å². The van der Waals surface area contributed by atoms with E-state index in [1.807, 2.05) is 12.1 Å². The molecule has 0 unspecified atom stereocenters. The van der Waals surface area contributed by atoms with Crippen LogP contribution in [0.5, 0.6) is 0 Å². The van der Waals surface area contributed by atoms with E-state index in [0.717, 1.165) is 12.8 Å². The number of aryl methyl sites for hydroxylation is 1. The maximum absolute atomic E-state index is 12.0. The Morgan fingerprint density at radius 1 is 1.35 bits per heavy atom. The molecule has 0 aliphatic carbocycles. The zero-order valence-electron chi connectivity index (χ0n) is 12.2. The first-order valence-electron chi connectivity index (χ1n) is 7.15. The number of likely N-dealkylation sites (tertiary alicyclic amines) is 1. The summed E-state index contributed by atoms with van der Waals surface area (Å²) in [7, 11) is 0. The van der Waals surface area contributed by atoms with Gasteiger partial charge in [0.1, 0.15) is 0 Å². The molecule has 2 amide bonds. The lowest BCUT2D eigenvalue weighted by Gasteiger charge is -2.14. The number of benzene rings is 1. The minimum atomic E-state index is -0.0456. The second kappa shape index (κ2) is 6.55. The maximum atomic E-state index is 12.0. The molecular formula is C16H22N2O2. The van der Waals surface area contributed by atoms with E-state index in [0.29, 0.717) is 19.6 Å². The third-order valence-corrected chi connectivity index (χ3v) is 3.96. The SMILES string of the molecule is CC(=O)N1CC[C@@H](C(=O)NCCc2ccccc2C)C1. The molecule has 2 rings (SSSR count). The van der Waals surface area contributed by atoms with E-state index in [2.05, 4.69) is 24.4 Å². The lowest BCUT2D eigenvalue weighted by Crippen LogP contribution is -2.34. The smallest absolute Gasteiger partial charge is 0.224 e. The monoisotopic (exact) mass is 274 g/mol. The Morgan fingerprint density at radius 3 is 2.75 bits per heavy atom. The van der Waals surface area contributed by atoms with Gasteiger partial charge in [-0.15, -0.1) is 0 Å². The van der Waals surface area contributed by atoms with Gasteiger partial charge in [-0.25, -0.2) is 0 Å². The van der Waals surface area contributed by atoms with Crippen LogP contribution in [0.4, 0.5) is 0 Å². The Morgan fingerprint density at radius 2 is 2.10 bits per heavy atom. The highest BCUT2D eigenvalue weighted by Gasteiger charge is 2.29. The molecule has 0 saturated carbocycles. The average Bonchev–Trinajstić information content (AvgIpc) is 2.91. The van der Waals surface area contributed by atoms with Gasteiger partial charge >= 0.3 is 0 Å². The van der Waals surface area contributed by atoms with E-state index in [-0.39, 0.29) is 17.7 Å². The van der Waals surface area contributed by atoms with Crippen molar-refractivity contribution in [1.82, 2.24) is 10.2 Å². The van der Waals surface area contributed by atoms with Crippen molar-refractivity contribution in [1.29, 1.82) is 0 Å². The highest BCUT2D eigenvalue weighted by Crippen LogP contribution is 2.16. The van der Waals surface area contributed by atoms with Gasteiger partial charge in [0.2, 0.25) is 11.8 Å². The molecule has 1 aliphatic rings. The summed E-state index contributed by atoms with van der Waals surface area (Å²) < 4.78 is 0. The molecule has 1 fully saturated rings. The fourth-order valence-corrected chi connectivity index (χ4v) is 2.62. The fraction of sp³-hybridized carbons (Fsp3) is 0.500. The van der Waals surface area contributed by atoms with E-state index in [1.54, 1.807) is 11.8 Å². The van der Waals surface area contributed by atoms with Crippen LogP contribution in [-0.4, -0.2) is 36.3 Å². The minimum absolute atomic E-state index is 0.0456. The second-order valence-electron chi connectivity index (χ2n) is 5.42. The van der Waals surface area contributed by atoms with Crippen LogP contribution in [0.2, 0.25) is 0 Å². The molecule has 1 atom stereocenters. The van der Waals surface area contributed by atoms with Crippen molar-refractivity contribution in [2.75, 3.05) is 19.6 Å². The predicted octanol–water partition coefficient (Wildman–Crippen LogP) is 1.52. The number of hydrogen-bond donors (Lipinski definition) is 1. The van der Waals surface area contributed by atoms with Gasteiger partial charge in [0.15, 0.2) is 0 Å². The van der Waals surface area contributed by atoms with Crippen LogP contribution in [0, 0.1) is 12.8 Å². The van der Waals surface area contributed by atoms with Gasteiger partial charge in [0.25, 0.3) is 0 Å². The molecule has 0 aromatic heterocycles. The van der Waals surface area contributed by atoms with Crippen LogP contribution < -0.4 is 5.32 Å². The van der Waals surface area contributed by atoms with Crippen molar-refractivity contribution in [2.45, 2.75) is 26.7 Å². The Balaban J connectivity index is 1.76. The molecule has 1 N–H and O–H groups in total. The standard InChI is InChI=1S/C16H22N2O2/c1-12-5-3-4-6-14(12)7-9-17-16(20)15-8-10-18(11-15)13(2)19/h3-6,15H,7-11H2,1-2H3,(H,17,20)/t15-/m1/s1. The summed E-state index contributed by atoms with van der Waals surface area (Å²) in [5, 5.41) is 2.98. The normalized spacial score (nSPS) is 18.1. The van der Waals surface area contributed by atoms with Crippen LogP contribution in [0.1, 0.15) is 24.5 Å². The van der Waals surface area contributed by atoms with Crippen LogP contribution >= 0.6 is 0 Å². The van der Waals surface area contributed by atoms with Crippen molar-refractivity contribution in [3.05, 3.63) is 35.4 Å². The van der Waals surface area contributed by atoms with E-state index in [1.165, 1.54) is 11.1 Å². The quantitative estimate of drug-likeness (QED) is 0.905. The third kappa shape index (κ3) is 3.59. The van der Waals surface area contributed by atoms with E-state index in [9.17, 15) is 9.59 Å². The number of hydrogen-bond acceptors (Lipinski definition) is 2. The Bertz CT molecular complexity index is 499. The lowest BCUT2D eigenvalue weighted by molar-refractivity contribution is -0.128. The summed E-state index contributed by atoms with van der Waals surface area (Å²) in [5.41, 5.74) is 2.52. The summed E-state index contributed by atoms with van der Waals surface area (Å²) in [4.78, 5) is 25.0. The lowest BCUT2D eigenvalue weighted by atomic mass is 10.1. The van der Waals surface area contributed by atoms with Gasteiger partial charge in [0, 0.05) is 26.6 Å². The van der Waals surface area contributed by atoms with Gasteiger partial charge < -0.3 is 10.2 Å². The summed E-state index contributed by atoms with van der Waals surface area (Å²) >= 11 is 0. The van der Waals surface area contributed by atoms with E-state index in [4.69, 9.17) is 0 Å². The van der Waals surface area contributed by atoms with Crippen LogP contribution in [-0.2, 0) is 16.0 Å². The molecule has 0 spiro atoms. The number of amides is 2. The number of rotatable bonds is 4. The minimum Gasteiger partial charge on any atom is -0.355 e. The molecule has 108 valence electrons. The highest BCUT2D eigenvalue weighted by atomic mass is 16.2. The fourth-order valence-electron chi connectivity index (χ4n) is 2.62. The first-order valence-corrected chi connectivity index (χ1v) is 7.15. The zero-order chi connectivity index (χ0) is 14.5. The summed E-state index contributed by atoms with van der Waals surface area (Å²) in [6.07, 6.45) is 1.62. The Labute approximate surface area is 120 Å². The summed E-state index contributed by atoms with van der Waals surface area (Å²) in [6, 6.07) is 8.21. The van der Waals surface area contributed by atoms with Crippen molar-refractivity contribution < 1.29 is 9.59 Å². The van der Waals surface area contributed by atoms with Crippen LogP contribution in [0.15, 0.2) is 24.3 Å². The molecule has 1 saturated heterocycles. The number of carbonyl (C=O) groups is 2. The van der Waals surface area contributed by atoms with Gasteiger partial charge in [-0.3, -0.25) is 9.59 Å². The van der Waals surface area contributed by atoms with E-state index < -0.39 is 0 Å². The molecule has 0 bridgehead atoms. The molecule has 0 radical (unpaired) electrons. The topological polar surface area (TPSA) is 49.4 Å². The van der Waals surface area contributed by atoms with Gasteiger partial charge in [-0.05, 0) is 30.9 Å². The first-order chi connectivity index (χ1) is 9.58. The van der Waals surface area contributed by atoms with E-state index >= 15 is 0 Å². The van der Waals surface area contributed by atoms with Gasteiger partial charge in [-0.1, -0.05) is 24.3 Å². The molecule has 1 heterocycles. The highest BCUT2D eigenvalue weighted by molar-refractivity contribution is 5.81. The number of carbonyl (C=O) groups excluding carboxylic acids is 2. The predicted molar refractivity (Wildman–Crippen MR) is 78.3 cm³/mol. The Kier molecular flexibility index (Phi) is 4.77. The average molecular weight is 274 g/mol. The third-order valence-electron chi connectivity index (χ3n) is 3.96. The number of nitrogens with zero attached hydrogens (tertiary/aromatic N) is 1.